The highest BCUT2D eigenvalue weighted by atomic mass is 79.9. The minimum absolute atomic E-state index is 0.0570. The Kier molecular flexibility index (Phi) is 5.54. The van der Waals surface area contributed by atoms with E-state index in [1.165, 1.54) is 0 Å². The van der Waals surface area contributed by atoms with Gasteiger partial charge in [0, 0.05) is 11.1 Å². The van der Waals surface area contributed by atoms with Crippen molar-refractivity contribution in [3.63, 3.8) is 0 Å². The summed E-state index contributed by atoms with van der Waals surface area (Å²) in [6, 6.07) is 21.2. The minimum Gasteiger partial charge on any atom is -0.481 e. The molecule has 0 atom stereocenters. The van der Waals surface area contributed by atoms with Gasteiger partial charge in [-0.15, -0.1) is 0 Å². The number of nitrogens with one attached hydrogen (secondary N) is 1. The third-order valence-corrected chi connectivity index (χ3v) is 4.96. The molecular weight excluding hydrogens is 450 g/mol. The normalized spacial score (nSPS) is 10.7. The van der Waals surface area contributed by atoms with Crippen LogP contribution < -0.4 is 10.1 Å². The predicted molar refractivity (Wildman–Crippen MR) is 116 cm³/mol. The molecule has 0 aliphatic rings. The Balaban J connectivity index is 1.42. The lowest BCUT2D eigenvalue weighted by molar-refractivity contribution is -0.136. The summed E-state index contributed by atoms with van der Waals surface area (Å²) in [5, 5.41) is 12.5. The summed E-state index contributed by atoms with van der Waals surface area (Å²) >= 11 is 3.40. The van der Waals surface area contributed by atoms with Crippen LogP contribution in [0.5, 0.6) is 11.5 Å². The maximum absolute atomic E-state index is 12.4. The molecule has 150 valence electrons. The van der Waals surface area contributed by atoms with Crippen LogP contribution in [-0.2, 0) is 11.2 Å². The van der Waals surface area contributed by atoms with Gasteiger partial charge in [-0.25, -0.2) is 0 Å². The van der Waals surface area contributed by atoms with Crippen molar-refractivity contribution in [2.75, 3.05) is 5.32 Å². The fourth-order valence-electron chi connectivity index (χ4n) is 2.93. The number of carbonyl (C=O) groups is 2. The average molecular weight is 466 g/mol. The highest BCUT2D eigenvalue weighted by Crippen LogP contribution is 2.31. The topological polar surface area (TPSA) is 88.8 Å². The third kappa shape index (κ3) is 4.52. The Morgan fingerprint density at radius 3 is 2.47 bits per heavy atom. The number of carbonyl (C=O) groups excluding carboxylic acids is 1. The van der Waals surface area contributed by atoms with Gasteiger partial charge in [-0.05, 0) is 70.0 Å². The number of hydrogen-bond acceptors (Lipinski definition) is 4. The lowest BCUT2D eigenvalue weighted by atomic mass is 10.1. The van der Waals surface area contributed by atoms with Crippen LogP contribution in [0.3, 0.4) is 0 Å². The zero-order valence-electron chi connectivity index (χ0n) is 15.6. The second-order valence-corrected chi connectivity index (χ2v) is 7.42. The summed E-state index contributed by atoms with van der Waals surface area (Å²) in [5.41, 5.74) is 1.93. The zero-order valence-corrected chi connectivity index (χ0v) is 17.2. The Morgan fingerprint density at radius 2 is 1.77 bits per heavy atom. The first-order valence-electron chi connectivity index (χ1n) is 9.06. The van der Waals surface area contributed by atoms with E-state index in [1.807, 2.05) is 24.3 Å². The number of carboxylic acid groups (broad SMARTS) is 1. The zero-order chi connectivity index (χ0) is 21.1. The molecule has 0 aliphatic carbocycles. The number of carboxylic acids is 1. The second-order valence-electron chi connectivity index (χ2n) is 6.56. The summed E-state index contributed by atoms with van der Waals surface area (Å²) in [4.78, 5) is 23.2. The molecule has 0 aliphatic heterocycles. The largest absolute Gasteiger partial charge is 0.481 e. The molecular formula is C23H16BrNO5. The van der Waals surface area contributed by atoms with Crippen molar-refractivity contribution < 1.29 is 23.8 Å². The highest BCUT2D eigenvalue weighted by Gasteiger charge is 2.13. The van der Waals surface area contributed by atoms with Gasteiger partial charge in [0.1, 0.15) is 17.1 Å². The summed E-state index contributed by atoms with van der Waals surface area (Å²) in [7, 11) is 0. The van der Waals surface area contributed by atoms with Crippen molar-refractivity contribution in [3.8, 4) is 11.5 Å². The number of amides is 1. The summed E-state index contributed by atoms with van der Waals surface area (Å²) < 4.78 is 12.1. The van der Waals surface area contributed by atoms with E-state index in [-0.39, 0.29) is 18.1 Å². The van der Waals surface area contributed by atoms with Crippen LogP contribution >= 0.6 is 15.9 Å². The molecule has 0 radical (unpaired) electrons. The first kappa shape index (κ1) is 19.7. The number of rotatable bonds is 6. The minimum atomic E-state index is -0.893. The van der Waals surface area contributed by atoms with Crippen molar-refractivity contribution >= 4 is 44.5 Å². The predicted octanol–water partition coefficient (Wildman–Crippen LogP) is 5.87. The molecule has 0 saturated heterocycles. The first-order valence-corrected chi connectivity index (χ1v) is 9.85. The third-order valence-electron chi connectivity index (χ3n) is 4.34. The number of hydrogen-bond donors (Lipinski definition) is 2. The molecule has 0 spiro atoms. The van der Waals surface area contributed by atoms with Crippen molar-refractivity contribution in [1.82, 2.24) is 0 Å². The number of benzene rings is 3. The molecule has 4 rings (SSSR count). The number of anilines is 1. The van der Waals surface area contributed by atoms with Crippen molar-refractivity contribution in [1.29, 1.82) is 0 Å². The van der Waals surface area contributed by atoms with Crippen molar-refractivity contribution in [3.05, 3.63) is 88.6 Å². The maximum Gasteiger partial charge on any atom is 0.307 e. The molecule has 1 aromatic heterocycles. The van der Waals surface area contributed by atoms with E-state index in [2.05, 4.69) is 21.2 Å². The van der Waals surface area contributed by atoms with Gasteiger partial charge in [-0.1, -0.05) is 24.3 Å². The maximum atomic E-state index is 12.4. The van der Waals surface area contributed by atoms with Crippen LogP contribution in [0.25, 0.3) is 11.0 Å². The van der Waals surface area contributed by atoms with Crippen LogP contribution in [-0.4, -0.2) is 17.0 Å². The molecule has 4 aromatic rings. The molecule has 3 aromatic carbocycles. The highest BCUT2D eigenvalue weighted by molar-refractivity contribution is 9.10. The number of halogens is 1. The number of para-hydroxylation sites is 1. The fourth-order valence-corrected chi connectivity index (χ4v) is 3.44. The standard InChI is InChI=1S/C23H16BrNO5/c24-18-11-14(12-22(26)27)5-10-20(18)29-17-8-6-16(7-9-17)25-23(28)21-13-15-3-1-2-4-19(15)30-21/h1-11,13H,12H2,(H,25,28)(H,26,27). The van der Waals surface area contributed by atoms with Crippen LogP contribution in [0, 0.1) is 0 Å². The van der Waals surface area contributed by atoms with E-state index < -0.39 is 5.97 Å². The fraction of sp³-hybridized carbons (Fsp3) is 0.0435. The van der Waals surface area contributed by atoms with Crippen molar-refractivity contribution in [2.45, 2.75) is 6.42 Å². The monoisotopic (exact) mass is 465 g/mol. The first-order chi connectivity index (χ1) is 14.5. The Morgan fingerprint density at radius 1 is 1.00 bits per heavy atom. The van der Waals surface area contributed by atoms with E-state index in [0.29, 0.717) is 32.8 Å². The van der Waals surface area contributed by atoms with E-state index in [9.17, 15) is 9.59 Å². The Labute approximate surface area is 180 Å². The quantitative estimate of drug-likeness (QED) is 0.371. The molecule has 0 unspecified atom stereocenters. The number of furan rings is 1. The van der Waals surface area contributed by atoms with E-state index >= 15 is 0 Å². The number of aliphatic carboxylic acids is 1. The van der Waals surface area contributed by atoms with Gasteiger partial charge in [0.2, 0.25) is 0 Å². The smallest absolute Gasteiger partial charge is 0.307 e. The molecule has 0 bridgehead atoms. The van der Waals surface area contributed by atoms with E-state index in [0.717, 1.165) is 5.39 Å². The van der Waals surface area contributed by atoms with Gasteiger partial charge >= 0.3 is 5.97 Å². The molecule has 1 heterocycles. The van der Waals surface area contributed by atoms with Gasteiger partial charge in [0.05, 0.1) is 10.9 Å². The van der Waals surface area contributed by atoms with Crippen LogP contribution in [0.15, 0.2) is 81.7 Å². The van der Waals surface area contributed by atoms with Gasteiger partial charge in [-0.2, -0.15) is 0 Å². The number of fused-ring (bicyclic) bond motifs is 1. The molecule has 30 heavy (non-hydrogen) atoms. The molecule has 6 nitrogen and oxygen atoms in total. The molecule has 0 saturated carbocycles. The lowest BCUT2D eigenvalue weighted by Crippen LogP contribution is -2.10. The summed E-state index contributed by atoms with van der Waals surface area (Å²) in [6.45, 7) is 0. The van der Waals surface area contributed by atoms with Crippen LogP contribution in [0.4, 0.5) is 5.69 Å². The molecule has 2 N–H and O–H groups in total. The molecule has 1 amide bonds. The van der Waals surface area contributed by atoms with Crippen LogP contribution in [0.1, 0.15) is 16.1 Å². The van der Waals surface area contributed by atoms with Gasteiger partial charge in [0.25, 0.3) is 5.91 Å². The Hall–Kier alpha value is -3.58. The van der Waals surface area contributed by atoms with Crippen molar-refractivity contribution in [2.24, 2.45) is 0 Å². The van der Waals surface area contributed by atoms with Crippen LogP contribution in [0.2, 0.25) is 0 Å². The molecule has 0 fully saturated rings. The van der Waals surface area contributed by atoms with Gasteiger partial charge in [-0.3, -0.25) is 9.59 Å². The average Bonchev–Trinajstić information content (AvgIpc) is 3.15. The second kappa shape index (κ2) is 8.42. The van der Waals surface area contributed by atoms with E-state index in [1.54, 1.807) is 48.5 Å². The summed E-state index contributed by atoms with van der Waals surface area (Å²) in [5.74, 6) is 0.140. The molecule has 7 heteroatoms. The van der Waals surface area contributed by atoms with E-state index in [4.69, 9.17) is 14.3 Å². The van der Waals surface area contributed by atoms with Gasteiger partial charge < -0.3 is 19.6 Å². The Bertz CT molecular complexity index is 1200. The van der Waals surface area contributed by atoms with Gasteiger partial charge in [0.15, 0.2) is 5.76 Å². The summed E-state index contributed by atoms with van der Waals surface area (Å²) in [6.07, 6.45) is -0.0570. The number of ether oxygens (including phenoxy) is 1. The lowest BCUT2D eigenvalue weighted by Gasteiger charge is -2.10. The SMILES string of the molecule is O=C(O)Cc1ccc(Oc2ccc(NC(=O)c3cc4ccccc4o3)cc2)c(Br)c1.